The van der Waals surface area contributed by atoms with Crippen LogP contribution in [-0.4, -0.2) is 82.8 Å². The second-order valence-corrected chi connectivity index (χ2v) is 8.31. The Morgan fingerprint density at radius 2 is 2.25 bits per heavy atom. The van der Waals surface area contributed by atoms with Crippen LogP contribution in [-0.2, 0) is 9.47 Å². The lowest BCUT2D eigenvalue weighted by Gasteiger charge is -2.41. The second kappa shape index (κ2) is 9.91. The highest BCUT2D eigenvalue weighted by Crippen LogP contribution is 2.25. The van der Waals surface area contributed by atoms with Crippen molar-refractivity contribution >= 4 is 5.96 Å². The Kier molecular flexibility index (Phi) is 7.56. The number of ether oxygens (including phenoxy) is 2. The largest absolute Gasteiger partial charge is 0.494 e. The van der Waals surface area contributed by atoms with E-state index in [-0.39, 0.29) is 17.9 Å². The number of likely N-dealkylation sites (tertiary alicyclic amines) is 1. The van der Waals surface area contributed by atoms with Gasteiger partial charge in [0.05, 0.1) is 18.3 Å². The molecule has 4 atom stereocenters. The van der Waals surface area contributed by atoms with E-state index in [9.17, 15) is 0 Å². The first-order valence-electron chi connectivity index (χ1n) is 10.6. The molecule has 0 aliphatic carbocycles. The zero-order valence-corrected chi connectivity index (χ0v) is 17.9. The van der Waals surface area contributed by atoms with Gasteiger partial charge >= 0.3 is 0 Å². The van der Waals surface area contributed by atoms with Crippen LogP contribution in [0, 0.1) is 5.92 Å². The lowest BCUT2D eigenvalue weighted by Crippen LogP contribution is -2.63. The Morgan fingerprint density at radius 1 is 1.39 bits per heavy atom. The molecule has 160 valence electrons. The van der Waals surface area contributed by atoms with E-state index in [0.717, 1.165) is 63.8 Å². The summed E-state index contributed by atoms with van der Waals surface area (Å²) in [5.74, 6) is 2.32. The third-order valence-corrected chi connectivity index (χ3v) is 5.90. The third-order valence-electron chi connectivity index (χ3n) is 5.90. The average molecular weight is 395 g/mol. The topological polar surface area (TPSA) is 82.2 Å². The van der Waals surface area contributed by atoms with Crippen molar-refractivity contribution in [3.63, 3.8) is 0 Å². The quantitative estimate of drug-likeness (QED) is 0.476. The van der Waals surface area contributed by atoms with Crippen molar-refractivity contribution in [3.8, 4) is 0 Å². The highest BCUT2D eigenvalue weighted by atomic mass is 16.5. The van der Waals surface area contributed by atoms with Crippen molar-refractivity contribution < 1.29 is 9.47 Å². The maximum absolute atomic E-state index is 6.29. The van der Waals surface area contributed by atoms with Gasteiger partial charge < -0.3 is 30.3 Å². The summed E-state index contributed by atoms with van der Waals surface area (Å²) in [6.45, 7) is 6.78. The Bertz CT molecular complexity index is 569. The number of guanidine groups is 1. The van der Waals surface area contributed by atoms with E-state index in [1.807, 2.05) is 7.05 Å². The predicted molar refractivity (Wildman–Crippen MR) is 112 cm³/mol. The second-order valence-electron chi connectivity index (χ2n) is 8.31. The van der Waals surface area contributed by atoms with E-state index in [1.165, 1.54) is 6.42 Å². The van der Waals surface area contributed by atoms with Gasteiger partial charge in [-0.15, -0.1) is 0 Å². The smallest absolute Gasteiger partial charge is 0.193 e. The van der Waals surface area contributed by atoms with E-state index in [1.54, 1.807) is 7.11 Å². The van der Waals surface area contributed by atoms with E-state index in [4.69, 9.17) is 9.47 Å². The normalized spacial score (nSPS) is 33.8. The monoisotopic (exact) mass is 394 g/mol. The molecule has 8 heteroatoms. The van der Waals surface area contributed by atoms with Crippen LogP contribution in [0.2, 0.25) is 0 Å². The molecule has 1 saturated heterocycles. The van der Waals surface area contributed by atoms with Crippen molar-refractivity contribution in [2.75, 3.05) is 54.0 Å². The number of hydrogen-bond donors (Lipinski definition) is 4. The van der Waals surface area contributed by atoms with Crippen LogP contribution in [0.1, 0.15) is 32.6 Å². The Balaban J connectivity index is 1.72. The van der Waals surface area contributed by atoms with Crippen molar-refractivity contribution in [2.24, 2.45) is 10.9 Å². The van der Waals surface area contributed by atoms with Crippen LogP contribution in [0.5, 0.6) is 0 Å². The summed E-state index contributed by atoms with van der Waals surface area (Å²) in [6, 6.07) is 0. The van der Waals surface area contributed by atoms with Crippen LogP contribution < -0.4 is 21.3 Å². The average Bonchev–Trinajstić information content (AvgIpc) is 3.12. The fourth-order valence-electron chi connectivity index (χ4n) is 4.33. The molecule has 3 aliphatic rings. The summed E-state index contributed by atoms with van der Waals surface area (Å²) in [6.07, 6.45) is 6.52. The highest BCUT2D eigenvalue weighted by molar-refractivity contribution is 5.81. The number of rotatable bonds is 8. The van der Waals surface area contributed by atoms with Crippen LogP contribution in [0.15, 0.2) is 16.8 Å². The molecule has 28 heavy (non-hydrogen) atoms. The van der Waals surface area contributed by atoms with Gasteiger partial charge in [0.25, 0.3) is 0 Å². The molecule has 0 aromatic carbocycles. The number of methoxy groups -OCH3 is 1. The fraction of sp³-hybridized carbons (Fsp3) is 0.850. The molecule has 8 nitrogen and oxygen atoms in total. The van der Waals surface area contributed by atoms with Gasteiger partial charge in [0.2, 0.25) is 0 Å². The minimum Gasteiger partial charge on any atom is -0.494 e. The van der Waals surface area contributed by atoms with Gasteiger partial charge in [-0.2, -0.15) is 0 Å². The predicted octanol–water partition coefficient (Wildman–Crippen LogP) is 0.438. The van der Waals surface area contributed by atoms with Crippen LogP contribution >= 0.6 is 0 Å². The van der Waals surface area contributed by atoms with Crippen LogP contribution in [0.4, 0.5) is 0 Å². The maximum atomic E-state index is 6.29. The molecule has 3 unspecified atom stereocenters. The summed E-state index contributed by atoms with van der Waals surface area (Å²) in [4.78, 5) is 7.01. The number of aliphatic imine (C=N–C) groups is 1. The standard InChI is InChI=1S/C20H38N6O2/c1-5-8-20(25-19-22-9-6-17(21-2)24-19)11-16(18(27-4)23-14-20)28-13-15-7-10-26(3)12-15/h11,15,17-18,21,23H,5-10,12-14H2,1-4H3,(H2,22,24,25)/t15-,17?,18?,20?/m1/s1. The number of nitrogens with zero attached hydrogens (tertiary/aromatic N) is 2. The van der Waals surface area contributed by atoms with Gasteiger partial charge in [-0.05, 0) is 39.6 Å². The molecule has 0 saturated carbocycles. The van der Waals surface area contributed by atoms with Gasteiger partial charge in [0, 0.05) is 39.1 Å². The number of hydrogen-bond acceptors (Lipinski definition) is 8. The molecule has 3 rings (SSSR count). The molecule has 0 bridgehead atoms. The van der Waals surface area contributed by atoms with Gasteiger partial charge in [0.1, 0.15) is 5.76 Å². The zero-order chi connectivity index (χ0) is 20.0. The summed E-state index contributed by atoms with van der Waals surface area (Å²) >= 11 is 0. The first-order valence-corrected chi connectivity index (χ1v) is 10.6. The maximum Gasteiger partial charge on any atom is 0.193 e. The molecule has 3 heterocycles. The molecule has 3 aliphatic heterocycles. The molecule has 0 amide bonds. The molecule has 0 aromatic heterocycles. The fourth-order valence-corrected chi connectivity index (χ4v) is 4.33. The minimum atomic E-state index is -0.243. The number of nitrogens with one attached hydrogen (secondary N) is 4. The summed E-state index contributed by atoms with van der Waals surface area (Å²) < 4.78 is 11.9. The molecule has 4 N–H and O–H groups in total. The lowest BCUT2D eigenvalue weighted by molar-refractivity contribution is 0.0199. The summed E-state index contributed by atoms with van der Waals surface area (Å²) in [7, 11) is 5.87. The van der Waals surface area contributed by atoms with Gasteiger partial charge in [-0.3, -0.25) is 10.3 Å². The Hall–Kier alpha value is -1.35. The van der Waals surface area contributed by atoms with Gasteiger partial charge in [-0.25, -0.2) is 0 Å². The molecular weight excluding hydrogens is 356 g/mol. The van der Waals surface area contributed by atoms with Crippen molar-refractivity contribution in [1.82, 2.24) is 26.2 Å². The first kappa shape index (κ1) is 21.4. The molecular formula is C20H38N6O2. The Labute approximate surface area is 169 Å². The van der Waals surface area contributed by atoms with E-state index < -0.39 is 0 Å². The minimum absolute atomic E-state index is 0.197. The molecule has 0 aromatic rings. The van der Waals surface area contributed by atoms with Crippen molar-refractivity contribution in [2.45, 2.75) is 50.5 Å². The Morgan fingerprint density at radius 3 is 2.93 bits per heavy atom. The van der Waals surface area contributed by atoms with Crippen molar-refractivity contribution in [1.29, 1.82) is 0 Å². The summed E-state index contributed by atoms with van der Waals surface area (Å²) in [5, 5.41) is 13.9. The van der Waals surface area contributed by atoms with E-state index >= 15 is 0 Å². The highest BCUT2D eigenvalue weighted by Gasteiger charge is 2.37. The molecule has 1 fully saturated rings. The van der Waals surface area contributed by atoms with E-state index in [2.05, 4.69) is 51.2 Å². The van der Waals surface area contributed by atoms with Crippen molar-refractivity contribution in [3.05, 3.63) is 11.8 Å². The SMILES string of the molecule is CCCC1(NC2=NCCC(NC)N2)C=C(OC[C@@H]2CCN(C)C2)C(OC)NC1. The zero-order valence-electron chi connectivity index (χ0n) is 17.9. The lowest BCUT2D eigenvalue weighted by atomic mass is 9.89. The first-order chi connectivity index (χ1) is 13.6. The van der Waals surface area contributed by atoms with Crippen LogP contribution in [0.3, 0.4) is 0 Å². The van der Waals surface area contributed by atoms with E-state index in [0.29, 0.717) is 5.92 Å². The molecule has 0 spiro atoms. The van der Waals surface area contributed by atoms with Crippen LogP contribution in [0.25, 0.3) is 0 Å². The third kappa shape index (κ3) is 5.37. The summed E-state index contributed by atoms with van der Waals surface area (Å²) in [5.41, 5.74) is -0.243. The van der Waals surface area contributed by atoms with Gasteiger partial charge in [-0.1, -0.05) is 13.3 Å². The van der Waals surface area contributed by atoms with Gasteiger partial charge in [0.15, 0.2) is 12.2 Å². The molecule has 0 radical (unpaired) electrons.